The molecule has 2 N–H and O–H groups in total. The molecule has 124 valence electrons. The van der Waals surface area contributed by atoms with E-state index in [-0.39, 0.29) is 30.5 Å². The molecule has 0 aromatic carbocycles. The Hall–Kier alpha value is -1.40. The van der Waals surface area contributed by atoms with Gasteiger partial charge in [-0.1, -0.05) is 13.8 Å². The predicted molar refractivity (Wildman–Crippen MR) is 86.0 cm³/mol. The first-order valence-electron chi connectivity index (χ1n) is 8.07. The van der Waals surface area contributed by atoms with Gasteiger partial charge in [-0.3, -0.25) is 14.8 Å². The van der Waals surface area contributed by atoms with Crippen LogP contribution in [0.25, 0.3) is 0 Å². The van der Waals surface area contributed by atoms with Crippen molar-refractivity contribution in [1.29, 1.82) is 0 Å². The second-order valence-electron chi connectivity index (χ2n) is 6.63. The maximum atomic E-state index is 13.0. The van der Waals surface area contributed by atoms with Gasteiger partial charge in [0.05, 0.1) is 17.9 Å². The first kappa shape index (κ1) is 17.0. The summed E-state index contributed by atoms with van der Waals surface area (Å²) in [7, 11) is 0. The maximum absolute atomic E-state index is 13.0. The van der Waals surface area contributed by atoms with Crippen LogP contribution in [-0.4, -0.2) is 69.3 Å². The van der Waals surface area contributed by atoms with Crippen molar-refractivity contribution in [1.82, 2.24) is 20.0 Å². The molecule has 1 aliphatic heterocycles. The summed E-state index contributed by atoms with van der Waals surface area (Å²) in [4.78, 5) is 17.1. The van der Waals surface area contributed by atoms with Gasteiger partial charge in [0.15, 0.2) is 0 Å². The third-order valence-corrected chi connectivity index (χ3v) is 4.48. The fourth-order valence-electron chi connectivity index (χ4n) is 3.37. The highest BCUT2D eigenvalue weighted by molar-refractivity contribution is 5.96. The van der Waals surface area contributed by atoms with Gasteiger partial charge in [-0.15, -0.1) is 0 Å². The summed E-state index contributed by atoms with van der Waals surface area (Å²) >= 11 is 0. The largest absolute Gasteiger partial charge is 0.395 e. The molecule has 1 fully saturated rings. The van der Waals surface area contributed by atoms with E-state index in [2.05, 4.69) is 42.8 Å². The highest BCUT2D eigenvalue weighted by Gasteiger charge is 2.33. The Labute approximate surface area is 132 Å². The van der Waals surface area contributed by atoms with Gasteiger partial charge in [0.25, 0.3) is 5.91 Å². The van der Waals surface area contributed by atoms with Crippen molar-refractivity contribution in [2.24, 2.45) is 0 Å². The normalized spacial score (nSPS) is 23.3. The molecule has 1 saturated heterocycles. The zero-order chi connectivity index (χ0) is 16.4. The zero-order valence-electron chi connectivity index (χ0n) is 14.3. The van der Waals surface area contributed by atoms with E-state index in [1.54, 1.807) is 0 Å². The summed E-state index contributed by atoms with van der Waals surface area (Å²) in [5.74, 6) is 0.284. The van der Waals surface area contributed by atoms with Gasteiger partial charge in [0.2, 0.25) is 0 Å². The van der Waals surface area contributed by atoms with Gasteiger partial charge in [-0.25, -0.2) is 0 Å². The molecule has 1 aromatic rings. The molecular formula is C16H28N4O2. The number of β-amino-alcohol motifs (C(OH)–C–C–N with tert-alkyl or cyclic N) is 1. The number of hydrogen-bond donors (Lipinski definition) is 2. The molecule has 2 heterocycles. The number of aryl methyl sites for hydroxylation is 1. The van der Waals surface area contributed by atoms with Crippen molar-refractivity contribution in [2.45, 2.75) is 52.6 Å². The zero-order valence-corrected chi connectivity index (χ0v) is 14.3. The molecule has 1 aromatic heterocycles. The lowest BCUT2D eigenvalue weighted by Gasteiger charge is -2.44. The molecule has 22 heavy (non-hydrogen) atoms. The van der Waals surface area contributed by atoms with Crippen molar-refractivity contribution in [3.8, 4) is 0 Å². The van der Waals surface area contributed by atoms with Crippen LogP contribution >= 0.6 is 0 Å². The van der Waals surface area contributed by atoms with Gasteiger partial charge in [0.1, 0.15) is 0 Å². The number of nitrogens with zero attached hydrogens (tertiary/aromatic N) is 3. The molecule has 0 unspecified atom stereocenters. The average molecular weight is 308 g/mol. The molecule has 1 amide bonds. The number of H-pyrrole nitrogens is 1. The third-order valence-electron chi connectivity index (χ3n) is 4.48. The molecule has 0 radical (unpaired) electrons. The molecule has 0 bridgehead atoms. The number of hydrogen-bond acceptors (Lipinski definition) is 4. The van der Waals surface area contributed by atoms with Crippen LogP contribution in [0, 0.1) is 6.92 Å². The third kappa shape index (κ3) is 3.17. The number of piperazine rings is 1. The summed E-state index contributed by atoms with van der Waals surface area (Å²) in [6, 6.07) is 0.490. The number of aromatic nitrogens is 2. The van der Waals surface area contributed by atoms with E-state index in [1.165, 1.54) is 0 Å². The second kappa shape index (κ2) is 6.79. The van der Waals surface area contributed by atoms with Gasteiger partial charge in [0, 0.05) is 37.4 Å². The van der Waals surface area contributed by atoms with E-state index >= 15 is 0 Å². The monoisotopic (exact) mass is 308 g/mol. The Morgan fingerprint density at radius 3 is 2.45 bits per heavy atom. The first-order valence-corrected chi connectivity index (χ1v) is 8.07. The van der Waals surface area contributed by atoms with Crippen LogP contribution in [-0.2, 0) is 0 Å². The second-order valence-corrected chi connectivity index (χ2v) is 6.63. The Balaban J connectivity index is 2.20. The van der Waals surface area contributed by atoms with Crippen LogP contribution < -0.4 is 0 Å². The van der Waals surface area contributed by atoms with E-state index in [0.29, 0.717) is 19.6 Å². The van der Waals surface area contributed by atoms with E-state index in [0.717, 1.165) is 17.0 Å². The van der Waals surface area contributed by atoms with Crippen molar-refractivity contribution < 1.29 is 9.90 Å². The van der Waals surface area contributed by atoms with Crippen LogP contribution in [0.4, 0.5) is 0 Å². The number of rotatable bonds is 4. The fourth-order valence-corrected chi connectivity index (χ4v) is 3.37. The summed E-state index contributed by atoms with van der Waals surface area (Å²) in [6.07, 6.45) is 0. The van der Waals surface area contributed by atoms with E-state index in [9.17, 15) is 9.90 Å². The molecule has 0 spiro atoms. The van der Waals surface area contributed by atoms with Crippen molar-refractivity contribution in [3.05, 3.63) is 17.0 Å². The minimum absolute atomic E-state index is 0.0669. The highest BCUT2D eigenvalue weighted by Crippen LogP contribution is 2.24. The lowest BCUT2D eigenvalue weighted by molar-refractivity contribution is 0.0235. The number of amides is 1. The SMILES string of the molecule is Cc1[nH]nc(C(C)C)c1C(=O)N1C[C@@H](C)N(CCO)[C@@H](C)C1. The van der Waals surface area contributed by atoms with Crippen LogP contribution in [0.1, 0.15) is 55.4 Å². The Morgan fingerprint density at radius 2 is 1.95 bits per heavy atom. The minimum atomic E-state index is 0.0669. The van der Waals surface area contributed by atoms with Gasteiger partial charge < -0.3 is 10.0 Å². The summed E-state index contributed by atoms with van der Waals surface area (Å²) in [5.41, 5.74) is 2.41. The first-order chi connectivity index (χ1) is 10.4. The fraction of sp³-hybridized carbons (Fsp3) is 0.750. The van der Waals surface area contributed by atoms with Gasteiger partial charge in [-0.05, 0) is 26.7 Å². The Bertz CT molecular complexity index is 514. The number of carbonyl (C=O) groups excluding carboxylic acids is 1. The number of carbonyl (C=O) groups is 1. The molecule has 0 aliphatic carbocycles. The summed E-state index contributed by atoms with van der Waals surface area (Å²) in [6.45, 7) is 12.4. The maximum Gasteiger partial charge on any atom is 0.257 e. The lowest BCUT2D eigenvalue weighted by atomic mass is 10.0. The smallest absolute Gasteiger partial charge is 0.257 e. The molecule has 2 rings (SSSR count). The Morgan fingerprint density at radius 1 is 1.36 bits per heavy atom. The molecule has 1 aliphatic rings. The van der Waals surface area contributed by atoms with Gasteiger partial charge >= 0.3 is 0 Å². The van der Waals surface area contributed by atoms with Crippen LogP contribution in [0.15, 0.2) is 0 Å². The van der Waals surface area contributed by atoms with Crippen molar-refractivity contribution >= 4 is 5.91 Å². The van der Waals surface area contributed by atoms with E-state index in [1.807, 2.05) is 11.8 Å². The number of aliphatic hydroxyl groups is 1. The number of aliphatic hydroxyl groups excluding tert-OH is 1. The molecular weight excluding hydrogens is 280 g/mol. The number of aromatic amines is 1. The topological polar surface area (TPSA) is 72.5 Å². The van der Waals surface area contributed by atoms with Crippen LogP contribution in [0.5, 0.6) is 0 Å². The average Bonchev–Trinajstić information content (AvgIpc) is 2.83. The van der Waals surface area contributed by atoms with Crippen molar-refractivity contribution in [2.75, 3.05) is 26.2 Å². The van der Waals surface area contributed by atoms with Crippen LogP contribution in [0.2, 0.25) is 0 Å². The Kier molecular flexibility index (Phi) is 5.24. The summed E-state index contributed by atoms with van der Waals surface area (Å²) in [5, 5.41) is 16.4. The molecule has 6 nitrogen and oxygen atoms in total. The molecule has 0 saturated carbocycles. The molecule has 6 heteroatoms. The quantitative estimate of drug-likeness (QED) is 0.881. The standard InChI is InChI=1S/C16H28N4O2/c1-10(2)15-14(13(5)17-18-15)16(22)19-8-11(3)20(6-7-21)12(4)9-19/h10-12,21H,6-9H2,1-5H3,(H,17,18)/t11-,12+. The highest BCUT2D eigenvalue weighted by atomic mass is 16.3. The lowest BCUT2D eigenvalue weighted by Crippen LogP contribution is -2.58. The molecule has 2 atom stereocenters. The van der Waals surface area contributed by atoms with Crippen molar-refractivity contribution in [3.63, 3.8) is 0 Å². The van der Waals surface area contributed by atoms with Crippen LogP contribution in [0.3, 0.4) is 0 Å². The number of nitrogens with one attached hydrogen (secondary N) is 1. The summed E-state index contributed by atoms with van der Waals surface area (Å²) < 4.78 is 0. The minimum Gasteiger partial charge on any atom is -0.395 e. The van der Waals surface area contributed by atoms with E-state index < -0.39 is 0 Å². The van der Waals surface area contributed by atoms with E-state index in [4.69, 9.17) is 0 Å². The predicted octanol–water partition coefficient (Wildman–Crippen LogP) is 1.37. The van der Waals surface area contributed by atoms with Gasteiger partial charge in [-0.2, -0.15) is 5.10 Å².